The van der Waals surface area contributed by atoms with Crippen molar-refractivity contribution in [2.24, 2.45) is 0 Å². The van der Waals surface area contributed by atoms with Crippen LogP contribution in [-0.2, 0) is 0 Å². The number of nitrogens with zero attached hydrogens (tertiary/aromatic N) is 7. The van der Waals surface area contributed by atoms with Gasteiger partial charge >= 0.3 is 0 Å². The molecule has 0 spiro atoms. The number of aromatic nitrogens is 3. The van der Waals surface area contributed by atoms with Gasteiger partial charge in [0.25, 0.3) is 0 Å². The number of hydrogen-bond acceptors (Lipinski definition) is 4. The second-order valence-electron chi connectivity index (χ2n) is 13.5. The van der Waals surface area contributed by atoms with Crippen molar-refractivity contribution in [3.63, 3.8) is 0 Å². The molecule has 0 aliphatic heterocycles. The Balaban J connectivity index is 1.43. The van der Waals surface area contributed by atoms with E-state index < -0.39 is 0 Å². The lowest BCUT2D eigenvalue weighted by molar-refractivity contribution is 1.17. The molecular formula is C50H27N7. The number of nitriles is 2. The van der Waals surface area contributed by atoms with Crippen molar-refractivity contribution in [2.75, 3.05) is 0 Å². The molecule has 7 nitrogen and oxygen atoms in total. The van der Waals surface area contributed by atoms with Crippen molar-refractivity contribution in [3.05, 3.63) is 198 Å². The molecule has 0 radical (unpaired) electrons. The van der Waals surface area contributed by atoms with Crippen LogP contribution in [0.3, 0.4) is 0 Å². The van der Waals surface area contributed by atoms with Crippen LogP contribution in [0.1, 0.15) is 11.1 Å². The Bertz CT molecular complexity index is 2980. The average Bonchev–Trinajstić information content (AvgIpc) is 3.61. The van der Waals surface area contributed by atoms with Gasteiger partial charge in [0.2, 0.25) is 0 Å². The second-order valence-corrected chi connectivity index (χ2v) is 13.5. The highest BCUT2D eigenvalue weighted by Crippen LogP contribution is 2.45. The van der Waals surface area contributed by atoms with Gasteiger partial charge in [-0.2, -0.15) is 10.5 Å². The van der Waals surface area contributed by atoms with Crippen molar-refractivity contribution < 1.29 is 0 Å². The van der Waals surface area contributed by atoms with E-state index in [4.69, 9.17) is 23.1 Å². The molecule has 0 saturated carbocycles. The fourth-order valence-corrected chi connectivity index (χ4v) is 7.36. The summed E-state index contributed by atoms with van der Waals surface area (Å²) in [6, 6.07) is 57.2. The molecule has 0 saturated heterocycles. The van der Waals surface area contributed by atoms with Crippen LogP contribution in [0.5, 0.6) is 0 Å². The lowest BCUT2D eigenvalue weighted by atomic mass is 9.91. The monoisotopic (exact) mass is 725 g/mol. The van der Waals surface area contributed by atoms with Crippen molar-refractivity contribution >= 4 is 33.2 Å². The number of hydrogen-bond donors (Lipinski definition) is 0. The summed E-state index contributed by atoms with van der Waals surface area (Å²) in [5.74, 6) is 0.588. The fraction of sp³-hybridized carbons (Fsp3) is 0. The zero-order chi connectivity index (χ0) is 38.9. The summed E-state index contributed by atoms with van der Waals surface area (Å²) < 4.78 is 2.19. The van der Waals surface area contributed by atoms with Crippen LogP contribution in [0.2, 0.25) is 0 Å². The van der Waals surface area contributed by atoms with Crippen molar-refractivity contribution in [2.45, 2.75) is 0 Å². The normalized spacial score (nSPS) is 10.7. The van der Waals surface area contributed by atoms with Crippen LogP contribution in [0.25, 0.3) is 93.3 Å². The molecule has 262 valence electrons. The summed E-state index contributed by atoms with van der Waals surface area (Å²) in [4.78, 5) is 17.6. The van der Waals surface area contributed by atoms with Gasteiger partial charge in [-0.1, -0.05) is 103 Å². The summed E-state index contributed by atoms with van der Waals surface area (Å²) in [7, 11) is 0. The van der Waals surface area contributed by atoms with Crippen LogP contribution in [0, 0.1) is 35.8 Å². The standard InChI is InChI=1S/C50H27N7/c1-53-39-20-18-35(19-21-39)42-27-38(46-29-45(36-9-5-3-6-10-36)55-50(56-46)37-11-7-4-8-12-37)26-41(34-16-13-32(30-51)14-17-34)49(42)57-47-23-15-33(31-52)25-43(47)44-28-40(54-2)22-24-48(44)57/h3-29H. The van der Waals surface area contributed by atoms with Crippen molar-refractivity contribution in [3.8, 4) is 74.0 Å². The van der Waals surface area contributed by atoms with Gasteiger partial charge in [0, 0.05) is 33.2 Å². The maximum Gasteiger partial charge on any atom is 0.188 e. The SMILES string of the molecule is [C-]#[N+]c1ccc(-c2cc(-c3cc(-c4ccccc4)nc(-c4ccccc4)n3)cc(-c3ccc(C#N)cc3)c2-n2c3ccc(C#N)cc3c3cc([N+]#[C-])ccc32)cc1. The van der Waals surface area contributed by atoms with E-state index in [-0.39, 0.29) is 0 Å². The van der Waals surface area contributed by atoms with E-state index in [0.717, 1.165) is 72.1 Å². The molecule has 2 heterocycles. The zero-order valence-corrected chi connectivity index (χ0v) is 30.2. The topological polar surface area (TPSA) is 87.0 Å². The van der Waals surface area contributed by atoms with Gasteiger partial charge in [0.15, 0.2) is 17.2 Å². The average molecular weight is 726 g/mol. The van der Waals surface area contributed by atoms with Crippen LogP contribution in [0.4, 0.5) is 11.4 Å². The van der Waals surface area contributed by atoms with Gasteiger partial charge in [0.05, 0.1) is 64.5 Å². The molecule has 0 amide bonds. The minimum atomic E-state index is 0.494. The molecule has 9 rings (SSSR count). The Morgan fingerprint density at radius 2 is 0.965 bits per heavy atom. The van der Waals surface area contributed by atoms with Crippen LogP contribution in [0.15, 0.2) is 164 Å². The van der Waals surface area contributed by atoms with Crippen molar-refractivity contribution in [1.29, 1.82) is 10.5 Å². The lowest BCUT2D eigenvalue weighted by Gasteiger charge is -2.21. The zero-order valence-electron chi connectivity index (χ0n) is 30.2. The number of rotatable bonds is 6. The van der Waals surface area contributed by atoms with E-state index in [2.05, 4.69) is 38.5 Å². The summed E-state index contributed by atoms with van der Waals surface area (Å²) in [6.07, 6.45) is 0. The molecule has 7 heteroatoms. The Morgan fingerprint density at radius 3 is 1.56 bits per heavy atom. The van der Waals surface area contributed by atoms with E-state index in [1.807, 2.05) is 152 Å². The third-order valence-electron chi connectivity index (χ3n) is 10.1. The summed E-state index contributed by atoms with van der Waals surface area (Å²) in [6.45, 7) is 15.5. The lowest BCUT2D eigenvalue weighted by Crippen LogP contribution is -2.03. The molecule has 57 heavy (non-hydrogen) atoms. The highest BCUT2D eigenvalue weighted by molar-refractivity contribution is 6.12. The fourth-order valence-electron chi connectivity index (χ4n) is 7.36. The van der Waals surface area contributed by atoms with Gasteiger partial charge in [-0.15, -0.1) is 0 Å². The van der Waals surface area contributed by atoms with E-state index in [0.29, 0.717) is 34.0 Å². The maximum atomic E-state index is 9.93. The predicted octanol–water partition coefficient (Wildman–Crippen LogP) is 12.8. The summed E-state index contributed by atoms with van der Waals surface area (Å²) in [5, 5.41) is 21.4. The quantitative estimate of drug-likeness (QED) is 0.160. The first-order valence-corrected chi connectivity index (χ1v) is 18.1. The first-order chi connectivity index (χ1) is 28.0. The van der Waals surface area contributed by atoms with E-state index >= 15 is 0 Å². The first-order valence-electron chi connectivity index (χ1n) is 18.1. The second kappa shape index (κ2) is 14.3. The molecule has 7 aromatic carbocycles. The van der Waals surface area contributed by atoms with Gasteiger partial charge in [-0.3, -0.25) is 0 Å². The van der Waals surface area contributed by atoms with E-state index in [1.54, 1.807) is 0 Å². The van der Waals surface area contributed by atoms with Crippen molar-refractivity contribution in [1.82, 2.24) is 14.5 Å². The summed E-state index contributed by atoms with van der Waals surface area (Å²) >= 11 is 0. The predicted molar refractivity (Wildman–Crippen MR) is 226 cm³/mol. The molecular weight excluding hydrogens is 699 g/mol. The Hall–Kier alpha value is -8.62. The van der Waals surface area contributed by atoms with E-state index in [1.165, 1.54) is 0 Å². The highest BCUT2D eigenvalue weighted by atomic mass is 15.0. The minimum Gasteiger partial charge on any atom is -0.308 e. The largest absolute Gasteiger partial charge is 0.308 e. The Morgan fingerprint density at radius 1 is 0.456 bits per heavy atom. The van der Waals surface area contributed by atoms with Crippen LogP contribution >= 0.6 is 0 Å². The molecule has 0 aliphatic rings. The van der Waals surface area contributed by atoms with Gasteiger partial charge < -0.3 is 4.57 Å². The number of benzene rings is 7. The maximum absolute atomic E-state index is 9.93. The third-order valence-corrected chi connectivity index (χ3v) is 10.1. The van der Waals surface area contributed by atoms with Gasteiger partial charge in [-0.25, -0.2) is 19.7 Å². The third kappa shape index (κ3) is 6.21. The first kappa shape index (κ1) is 34.2. The minimum absolute atomic E-state index is 0.494. The van der Waals surface area contributed by atoms with E-state index in [9.17, 15) is 10.5 Å². The molecule has 0 N–H and O–H groups in total. The highest BCUT2D eigenvalue weighted by Gasteiger charge is 2.23. The molecule has 0 aliphatic carbocycles. The molecule has 0 unspecified atom stereocenters. The Labute approximate surface area is 328 Å². The molecule has 9 aromatic rings. The van der Waals surface area contributed by atoms with Crippen LogP contribution in [-0.4, -0.2) is 14.5 Å². The molecule has 2 aromatic heterocycles. The smallest absolute Gasteiger partial charge is 0.188 e. The van der Waals surface area contributed by atoms with Crippen LogP contribution < -0.4 is 0 Å². The summed E-state index contributed by atoms with van der Waals surface area (Å²) in [5.41, 5.74) is 12.3. The van der Waals surface area contributed by atoms with Gasteiger partial charge in [-0.05, 0) is 77.2 Å². The molecule has 0 atom stereocenters. The molecule has 0 fully saturated rings. The number of fused-ring (bicyclic) bond motifs is 3. The molecule has 0 bridgehead atoms. The van der Waals surface area contributed by atoms with Gasteiger partial charge in [0.1, 0.15) is 0 Å². The Kier molecular flexibility index (Phi) is 8.58.